The quantitative estimate of drug-likeness (QED) is 0.423. The van der Waals surface area contributed by atoms with Crippen LogP contribution in [0.1, 0.15) is 67.9 Å². The summed E-state index contributed by atoms with van der Waals surface area (Å²) in [5.41, 5.74) is -4.18. The molecule has 4 rings (SSSR count). The molecule has 2 aliphatic rings. The van der Waals surface area contributed by atoms with Gasteiger partial charge in [0.25, 0.3) is 0 Å². The molecule has 2 saturated heterocycles. The number of ether oxygens (including phenoxy) is 1. The number of alkyl halides is 6. The molecule has 2 fully saturated rings. The number of likely N-dealkylation sites (tertiary alicyclic amines) is 1. The van der Waals surface area contributed by atoms with E-state index in [4.69, 9.17) is 4.74 Å². The van der Waals surface area contributed by atoms with Crippen LogP contribution in [0.2, 0.25) is 0 Å². The number of nitrogens with one attached hydrogen (secondary N) is 1. The van der Waals surface area contributed by atoms with Gasteiger partial charge < -0.3 is 15.0 Å². The van der Waals surface area contributed by atoms with Gasteiger partial charge in [-0.25, -0.2) is 0 Å². The summed E-state index contributed by atoms with van der Waals surface area (Å²) in [5, 5.41) is 3.40. The first-order valence-corrected chi connectivity index (χ1v) is 12.7. The van der Waals surface area contributed by atoms with Crippen molar-refractivity contribution in [1.29, 1.82) is 0 Å². The largest absolute Gasteiger partial charge is 0.416 e. The molecule has 5 nitrogen and oxygen atoms in total. The molecule has 212 valence electrons. The third kappa shape index (κ3) is 5.84. The smallest absolute Gasteiger partial charge is 0.372 e. The molecule has 0 bridgehead atoms. The fourth-order valence-electron chi connectivity index (χ4n) is 5.52. The normalized spacial score (nSPS) is 25.1. The maximum atomic E-state index is 13.4. The van der Waals surface area contributed by atoms with Crippen molar-refractivity contribution < 1.29 is 40.7 Å². The molecule has 1 N–H and O–H groups in total. The summed E-state index contributed by atoms with van der Waals surface area (Å²) in [7, 11) is 0. The third-order valence-electron chi connectivity index (χ3n) is 7.92. The average molecular weight is 557 g/mol. The number of Topliss-reactive ketones (excluding diaryl/α,β-unsaturated/α-hetero) is 1. The Morgan fingerprint density at radius 2 is 1.64 bits per heavy atom. The minimum absolute atomic E-state index is 0.0856. The number of rotatable bonds is 7. The maximum absolute atomic E-state index is 13.4. The molecule has 2 heterocycles. The van der Waals surface area contributed by atoms with Crippen LogP contribution in [0, 0.1) is 0 Å². The highest BCUT2D eigenvalue weighted by molar-refractivity contribution is 5.92. The average Bonchev–Trinajstić information content (AvgIpc) is 3.33. The highest BCUT2D eigenvalue weighted by atomic mass is 19.4. The molecule has 0 aromatic heterocycles. The molecular weight excluding hydrogens is 526 g/mol. The van der Waals surface area contributed by atoms with Crippen LogP contribution >= 0.6 is 0 Å². The van der Waals surface area contributed by atoms with Crippen molar-refractivity contribution in [3.63, 3.8) is 0 Å². The Balaban J connectivity index is 1.62. The van der Waals surface area contributed by atoms with Crippen molar-refractivity contribution in [3.8, 4) is 0 Å². The van der Waals surface area contributed by atoms with Crippen LogP contribution in [0.5, 0.6) is 0 Å². The molecule has 1 amide bonds. The highest BCUT2D eigenvalue weighted by Crippen LogP contribution is 2.41. The van der Waals surface area contributed by atoms with Crippen molar-refractivity contribution >= 4 is 11.7 Å². The van der Waals surface area contributed by atoms with Crippen LogP contribution < -0.4 is 5.32 Å². The lowest BCUT2D eigenvalue weighted by Crippen LogP contribution is -2.67. The molecule has 39 heavy (non-hydrogen) atoms. The minimum atomic E-state index is -4.96. The van der Waals surface area contributed by atoms with Crippen molar-refractivity contribution in [3.05, 3.63) is 70.8 Å². The second-order valence-corrected chi connectivity index (χ2v) is 10.3. The number of ketones is 1. The van der Waals surface area contributed by atoms with Crippen LogP contribution in [-0.4, -0.2) is 41.8 Å². The predicted octanol–water partition coefficient (Wildman–Crippen LogP) is 6.03. The Labute approximate surface area is 222 Å². The van der Waals surface area contributed by atoms with E-state index in [-0.39, 0.29) is 36.5 Å². The van der Waals surface area contributed by atoms with Crippen LogP contribution in [0.4, 0.5) is 26.3 Å². The Morgan fingerprint density at radius 3 is 2.10 bits per heavy atom. The van der Waals surface area contributed by atoms with Gasteiger partial charge in [-0.3, -0.25) is 9.59 Å². The first-order chi connectivity index (χ1) is 18.2. The third-order valence-corrected chi connectivity index (χ3v) is 7.92. The zero-order chi connectivity index (χ0) is 28.6. The Hall–Kier alpha value is -2.92. The van der Waals surface area contributed by atoms with Crippen molar-refractivity contribution in [2.24, 2.45) is 0 Å². The van der Waals surface area contributed by atoms with Crippen molar-refractivity contribution in [2.45, 2.75) is 69.1 Å². The summed E-state index contributed by atoms with van der Waals surface area (Å²) >= 11 is 0. The summed E-state index contributed by atoms with van der Waals surface area (Å²) in [6, 6.07) is 10.5. The molecule has 2 aliphatic heterocycles. The summed E-state index contributed by atoms with van der Waals surface area (Å²) in [5.74, 6) is -0.237. The van der Waals surface area contributed by atoms with E-state index in [9.17, 15) is 35.9 Å². The van der Waals surface area contributed by atoms with E-state index < -0.39 is 40.7 Å². The topological polar surface area (TPSA) is 58.6 Å². The molecule has 3 atom stereocenters. The van der Waals surface area contributed by atoms with Gasteiger partial charge in [-0.2, -0.15) is 26.3 Å². The second kappa shape index (κ2) is 10.6. The van der Waals surface area contributed by atoms with Gasteiger partial charge in [-0.05, 0) is 62.4 Å². The molecule has 0 saturated carbocycles. The van der Waals surface area contributed by atoms with E-state index >= 15 is 0 Å². The van der Waals surface area contributed by atoms with E-state index in [1.54, 1.807) is 17.0 Å². The minimum Gasteiger partial charge on any atom is -0.372 e. The number of carbonyl (C=O) groups is 2. The number of benzene rings is 2. The summed E-state index contributed by atoms with van der Waals surface area (Å²) < 4.78 is 86.2. The number of carbonyl (C=O) groups excluding carboxylic acids is 2. The molecule has 0 spiro atoms. The van der Waals surface area contributed by atoms with Gasteiger partial charge in [0, 0.05) is 19.5 Å². The molecule has 0 aliphatic carbocycles. The number of amides is 1. The van der Waals surface area contributed by atoms with Crippen LogP contribution in [0.25, 0.3) is 0 Å². The van der Waals surface area contributed by atoms with E-state index in [1.807, 2.05) is 18.2 Å². The monoisotopic (exact) mass is 556 g/mol. The Kier molecular flexibility index (Phi) is 7.88. The lowest BCUT2D eigenvalue weighted by atomic mass is 9.74. The van der Waals surface area contributed by atoms with Gasteiger partial charge in [0.2, 0.25) is 5.91 Å². The maximum Gasteiger partial charge on any atom is 0.416 e. The highest BCUT2D eigenvalue weighted by Gasteiger charge is 2.51. The SMILES string of the molecule is CC(=O)C1(N2CCCC2=O)CC[C@@](CO[C@H](C)c2cc(C(F)(F)F)cc(C(F)(F)F)c2)(c2ccccc2)NC1. The van der Waals surface area contributed by atoms with Gasteiger partial charge in [0.05, 0.1) is 29.4 Å². The van der Waals surface area contributed by atoms with Crippen LogP contribution in [0.15, 0.2) is 48.5 Å². The van der Waals surface area contributed by atoms with E-state index in [0.29, 0.717) is 44.4 Å². The van der Waals surface area contributed by atoms with E-state index in [0.717, 1.165) is 5.56 Å². The van der Waals surface area contributed by atoms with E-state index in [1.165, 1.54) is 13.8 Å². The van der Waals surface area contributed by atoms with Gasteiger partial charge >= 0.3 is 12.4 Å². The lowest BCUT2D eigenvalue weighted by Gasteiger charge is -2.50. The number of piperidine rings is 1. The predicted molar refractivity (Wildman–Crippen MR) is 131 cm³/mol. The second-order valence-electron chi connectivity index (χ2n) is 10.3. The number of hydrogen-bond donors (Lipinski definition) is 1. The van der Waals surface area contributed by atoms with Crippen LogP contribution in [0.3, 0.4) is 0 Å². The standard InChI is InChI=1S/C28H30F6N2O3/c1-18(20-13-22(27(29,30)31)15-23(14-20)28(32,33)34)39-17-25(21-7-4-3-5-8-21)10-11-26(16-35-25,19(2)37)36-12-6-9-24(36)38/h3-5,7-8,13-15,18,35H,6,9-12,16-17H2,1-2H3/t18-,25-,26?/m1/s1. The fourth-order valence-corrected chi connectivity index (χ4v) is 5.52. The van der Waals surface area contributed by atoms with Gasteiger partial charge in [0.1, 0.15) is 5.54 Å². The van der Waals surface area contributed by atoms with Gasteiger partial charge in [-0.15, -0.1) is 0 Å². The number of nitrogens with zero attached hydrogens (tertiary/aromatic N) is 1. The summed E-state index contributed by atoms with van der Waals surface area (Å²) in [4.78, 5) is 27.0. The molecule has 2 aromatic carbocycles. The molecule has 1 unspecified atom stereocenters. The zero-order valence-electron chi connectivity index (χ0n) is 21.6. The summed E-state index contributed by atoms with van der Waals surface area (Å²) in [6.07, 6.45) is -9.32. The molecular formula is C28H30F6N2O3. The molecule has 11 heteroatoms. The number of halogens is 6. The van der Waals surface area contributed by atoms with E-state index in [2.05, 4.69) is 5.32 Å². The first-order valence-electron chi connectivity index (χ1n) is 12.7. The first kappa shape index (κ1) is 29.1. The van der Waals surface area contributed by atoms with Crippen LogP contribution in [-0.2, 0) is 32.2 Å². The zero-order valence-corrected chi connectivity index (χ0v) is 21.6. The molecule has 0 radical (unpaired) electrons. The summed E-state index contributed by atoms with van der Waals surface area (Å²) in [6.45, 7) is 3.39. The Bertz CT molecular complexity index is 1170. The van der Waals surface area contributed by atoms with Gasteiger partial charge in [0.15, 0.2) is 5.78 Å². The number of hydrogen-bond acceptors (Lipinski definition) is 4. The Morgan fingerprint density at radius 1 is 1.03 bits per heavy atom. The fraction of sp³-hybridized carbons (Fsp3) is 0.500. The van der Waals surface area contributed by atoms with Gasteiger partial charge in [-0.1, -0.05) is 30.3 Å². The van der Waals surface area contributed by atoms with Crippen molar-refractivity contribution in [1.82, 2.24) is 10.2 Å². The molecule has 2 aromatic rings. The lowest BCUT2D eigenvalue weighted by molar-refractivity contribution is -0.145. The van der Waals surface area contributed by atoms with Crippen molar-refractivity contribution in [2.75, 3.05) is 19.7 Å².